The Morgan fingerprint density at radius 2 is 2.17 bits per heavy atom. The molecule has 1 aliphatic rings. The largest absolute Gasteiger partial charge is 0.370 e. The summed E-state index contributed by atoms with van der Waals surface area (Å²) < 4.78 is 9.94. The number of aryl methyl sites for hydroxylation is 1. The van der Waals surface area contributed by atoms with Gasteiger partial charge < -0.3 is 19.5 Å². The molecule has 0 saturated carbocycles. The van der Waals surface area contributed by atoms with Crippen LogP contribution in [0.2, 0.25) is 0 Å². The molecule has 1 unspecified atom stereocenters. The zero-order valence-electron chi connectivity index (χ0n) is 17.6. The number of rotatable bonds is 6. The predicted molar refractivity (Wildman–Crippen MR) is 116 cm³/mol. The van der Waals surface area contributed by atoms with E-state index in [2.05, 4.69) is 56.1 Å². The van der Waals surface area contributed by atoms with Crippen molar-refractivity contribution in [2.24, 2.45) is 12.0 Å². The number of nitrogens with one attached hydrogen (secondary N) is 1. The van der Waals surface area contributed by atoms with Crippen molar-refractivity contribution in [1.82, 2.24) is 29.5 Å². The average molecular weight is 408 g/mol. The molecule has 1 fully saturated rings. The summed E-state index contributed by atoms with van der Waals surface area (Å²) in [6.07, 6.45) is 7.74. The first-order chi connectivity index (χ1) is 14.7. The molecule has 1 aromatic carbocycles. The van der Waals surface area contributed by atoms with Crippen LogP contribution in [0.4, 0.5) is 0 Å². The molecule has 0 radical (unpaired) electrons. The van der Waals surface area contributed by atoms with Gasteiger partial charge in [0.05, 0.1) is 19.3 Å². The first kappa shape index (κ1) is 20.2. The monoisotopic (exact) mass is 407 g/mol. The van der Waals surface area contributed by atoms with Crippen molar-refractivity contribution in [3.8, 4) is 0 Å². The van der Waals surface area contributed by atoms with E-state index in [9.17, 15) is 0 Å². The van der Waals surface area contributed by atoms with E-state index in [0.717, 1.165) is 43.5 Å². The van der Waals surface area contributed by atoms with Crippen LogP contribution in [-0.4, -0.2) is 56.4 Å². The van der Waals surface area contributed by atoms with Gasteiger partial charge in [0.1, 0.15) is 18.5 Å². The summed E-state index contributed by atoms with van der Waals surface area (Å²) in [7, 11) is 1.92. The number of ether oxygens (including phenoxy) is 1. The van der Waals surface area contributed by atoms with Crippen LogP contribution in [0.25, 0.3) is 0 Å². The van der Waals surface area contributed by atoms with Gasteiger partial charge in [0, 0.05) is 50.8 Å². The third kappa shape index (κ3) is 4.88. The van der Waals surface area contributed by atoms with Crippen molar-refractivity contribution in [1.29, 1.82) is 0 Å². The molecule has 1 atom stereocenters. The Kier molecular flexibility index (Phi) is 6.44. The van der Waals surface area contributed by atoms with Crippen molar-refractivity contribution in [2.45, 2.75) is 26.1 Å². The second-order valence-electron chi connectivity index (χ2n) is 7.38. The van der Waals surface area contributed by atoms with E-state index in [1.807, 2.05) is 42.6 Å². The lowest BCUT2D eigenvalue weighted by atomic mass is 10.1. The molecular formula is C22H29N7O. The molecule has 30 heavy (non-hydrogen) atoms. The molecule has 0 aliphatic carbocycles. The highest BCUT2D eigenvalue weighted by atomic mass is 16.5. The number of aromatic nitrogens is 4. The summed E-state index contributed by atoms with van der Waals surface area (Å²) >= 11 is 0. The van der Waals surface area contributed by atoms with Gasteiger partial charge in [0.15, 0.2) is 5.96 Å². The smallest absolute Gasteiger partial charge is 0.194 e. The molecule has 0 amide bonds. The molecule has 1 aliphatic heterocycles. The average Bonchev–Trinajstić information content (AvgIpc) is 3.41. The molecule has 1 N–H and O–H groups in total. The second-order valence-corrected chi connectivity index (χ2v) is 7.38. The number of imidazole rings is 1. The van der Waals surface area contributed by atoms with Crippen LogP contribution < -0.4 is 5.32 Å². The van der Waals surface area contributed by atoms with Crippen LogP contribution in [0.15, 0.2) is 60.1 Å². The van der Waals surface area contributed by atoms with E-state index in [1.165, 1.54) is 5.56 Å². The van der Waals surface area contributed by atoms with E-state index < -0.39 is 0 Å². The Balaban J connectivity index is 1.46. The van der Waals surface area contributed by atoms with Gasteiger partial charge in [0.25, 0.3) is 0 Å². The van der Waals surface area contributed by atoms with E-state index in [0.29, 0.717) is 13.2 Å². The van der Waals surface area contributed by atoms with Crippen LogP contribution in [0.1, 0.15) is 30.0 Å². The van der Waals surface area contributed by atoms with Crippen LogP contribution in [0.5, 0.6) is 0 Å². The van der Waals surface area contributed by atoms with Gasteiger partial charge in [-0.25, -0.2) is 9.98 Å². The first-order valence-electron chi connectivity index (χ1n) is 10.4. The molecule has 3 heterocycles. The molecule has 0 spiro atoms. The lowest BCUT2D eigenvalue weighted by Gasteiger charge is -2.34. The fraction of sp³-hybridized carbons (Fsp3) is 0.409. The van der Waals surface area contributed by atoms with Crippen molar-refractivity contribution < 1.29 is 4.74 Å². The summed E-state index contributed by atoms with van der Waals surface area (Å²) in [4.78, 5) is 11.7. The Bertz CT molecular complexity index is 963. The molecule has 158 valence electrons. The van der Waals surface area contributed by atoms with Crippen LogP contribution >= 0.6 is 0 Å². The van der Waals surface area contributed by atoms with Crippen molar-refractivity contribution in [3.63, 3.8) is 0 Å². The highest BCUT2D eigenvalue weighted by molar-refractivity contribution is 5.80. The number of hydrogen-bond acceptors (Lipinski definition) is 4. The summed E-state index contributed by atoms with van der Waals surface area (Å²) in [5.74, 6) is 1.84. The highest BCUT2D eigenvalue weighted by Crippen LogP contribution is 2.21. The Morgan fingerprint density at radius 1 is 1.30 bits per heavy atom. The fourth-order valence-corrected chi connectivity index (χ4v) is 3.64. The van der Waals surface area contributed by atoms with Crippen molar-refractivity contribution in [3.05, 3.63) is 72.1 Å². The minimum absolute atomic E-state index is 0.00336. The normalized spacial score (nSPS) is 17.3. The lowest BCUT2D eigenvalue weighted by molar-refractivity contribution is -0.00805. The minimum Gasteiger partial charge on any atom is -0.370 e. The van der Waals surface area contributed by atoms with Crippen LogP contribution in [-0.2, 0) is 24.9 Å². The summed E-state index contributed by atoms with van der Waals surface area (Å²) in [6, 6.07) is 10.4. The zero-order valence-corrected chi connectivity index (χ0v) is 17.6. The van der Waals surface area contributed by atoms with E-state index in [1.54, 1.807) is 0 Å². The molecule has 8 heteroatoms. The molecule has 4 rings (SSSR count). The number of hydrogen-bond donors (Lipinski definition) is 1. The molecule has 1 saturated heterocycles. The molecule has 3 aromatic rings. The number of nitrogens with zero attached hydrogens (tertiary/aromatic N) is 6. The first-order valence-corrected chi connectivity index (χ1v) is 10.4. The summed E-state index contributed by atoms with van der Waals surface area (Å²) in [5, 5.41) is 7.70. The SMILES string of the molecule is CCNC(=NCc1nccn1Cc1ccccc1)N1CCOC(c2cnn(C)c2)C1. The molecule has 0 bridgehead atoms. The topological polar surface area (TPSA) is 72.5 Å². The number of guanidine groups is 1. The third-order valence-corrected chi connectivity index (χ3v) is 5.17. The molecule has 8 nitrogen and oxygen atoms in total. The van der Waals surface area contributed by atoms with Crippen LogP contribution in [0.3, 0.4) is 0 Å². The number of aliphatic imine (C=N–C) groups is 1. The quantitative estimate of drug-likeness (QED) is 0.501. The highest BCUT2D eigenvalue weighted by Gasteiger charge is 2.25. The maximum Gasteiger partial charge on any atom is 0.194 e. The van der Waals surface area contributed by atoms with Gasteiger partial charge in [-0.15, -0.1) is 0 Å². The van der Waals surface area contributed by atoms with Crippen molar-refractivity contribution >= 4 is 5.96 Å². The van der Waals surface area contributed by atoms with E-state index in [4.69, 9.17) is 9.73 Å². The predicted octanol–water partition coefficient (Wildman–Crippen LogP) is 2.20. The maximum atomic E-state index is 5.98. The minimum atomic E-state index is -0.00336. The van der Waals surface area contributed by atoms with E-state index >= 15 is 0 Å². The van der Waals surface area contributed by atoms with E-state index in [-0.39, 0.29) is 6.10 Å². The summed E-state index contributed by atoms with van der Waals surface area (Å²) in [6.45, 7) is 6.43. The van der Waals surface area contributed by atoms with Gasteiger partial charge in [-0.1, -0.05) is 30.3 Å². The van der Waals surface area contributed by atoms with Gasteiger partial charge in [0.2, 0.25) is 0 Å². The van der Waals surface area contributed by atoms with Gasteiger partial charge in [-0.05, 0) is 12.5 Å². The molecular weight excluding hydrogens is 378 g/mol. The second kappa shape index (κ2) is 9.58. The Morgan fingerprint density at radius 3 is 2.93 bits per heavy atom. The van der Waals surface area contributed by atoms with Gasteiger partial charge in [-0.3, -0.25) is 4.68 Å². The maximum absolute atomic E-state index is 5.98. The summed E-state index contributed by atoms with van der Waals surface area (Å²) in [5.41, 5.74) is 2.34. The third-order valence-electron chi connectivity index (χ3n) is 5.17. The Labute approximate surface area is 177 Å². The Hall–Kier alpha value is -3.13. The lowest BCUT2D eigenvalue weighted by Crippen LogP contribution is -2.48. The van der Waals surface area contributed by atoms with Crippen molar-refractivity contribution in [2.75, 3.05) is 26.2 Å². The molecule has 2 aromatic heterocycles. The van der Waals surface area contributed by atoms with Gasteiger partial charge >= 0.3 is 0 Å². The van der Waals surface area contributed by atoms with Gasteiger partial charge in [-0.2, -0.15) is 5.10 Å². The fourth-order valence-electron chi connectivity index (χ4n) is 3.64. The number of benzene rings is 1. The zero-order chi connectivity index (χ0) is 20.8. The van der Waals surface area contributed by atoms with Crippen LogP contribution in [0, 0.1) is 0 Å². The number of morpholine rings is 1. The standard InChI is InChI=1S/C22H29N7O/c1-3-23-22(29-11-12-30-20(17-29)19-13-26-27(2)16-19)25-14-21-24-9-10-28(21)15-18-7-5-4-6-8-18/h4-10,13,16,20H,3,11-12,14-15,17H2,1-2H3,(H,23,25).